The Bertz CT molecular complexity index is 604. The Morgan fingerprint density at radius 2 is 1.95 bits per heavy atom. The normalized spacial score (nSPS) is 12.2. The van der Waals surface area contributed by atoms with Crippen LogP contribution in [0, 0.1) is 5.82 Å². The van der Waals surface area contributed by atoms with Crippen LogP contribution in [0.3, 0.4) is 0 Å². The van der Waals surface area contributed by atoms with Crippen molar-refractivity contribution in [2.75, 3.05) is 20.3 Å². The van der Waals surface area contributed by atoms with Gasteiger partial charge in [-0.25, -0.2) is 4.39 Å². The molecular formula is C16H16BrFO3. The molecule has 112 valence electrons. The molecule has 0 aliphatic heterocycles. The van der Waals surface area contributed by atoms with Crippen molar-refractivity contribution < 1.29 is 19.0 Å². The lowest BCUT2D eigenvalue weighted by molar-refractivity contribution is 0.146. The number of ether oxygens (including phenoxy) is 2. The molecule has 0 aliphatic carbocycles. The summed E-state index contributed by atoms with van der Waals surface area (Å²) in [7, 11) is 1.60. The van der Waals surface area contributed by atoms with Gasteiger partial charge in [-0.1, -0.05) is 24.3 Å². The minimum Gasteiger partial charge on any atom is -0.490 e. The van der Waals surface area contributed by atoms with E-state index >= 15 is 0 Å². The first-order valence-corrected chi connectivity index (χ1v) is 7.26. The maximum Gasteiger partial charge on any atom is 0.133 e. The zero-order valence-corrected chi connectivity index (χ0v) is 13.1. The fourth-order valence-electron chi connectivity index (χ4n) is 1.92. The average Bonchev–Trinajstić information content (AvgIpc) is 2.49. The predicted octanol–water partition coefficient (Wildman–Crippen LogP) is 3.70. The molecule has 2 rings (SSSR count). The second-order valence-corrected chi connectivity index (χ2v) is 5.31. The smallest absolute Gasteiger partial charge is 0.133 e. The topological polar surface area (TPSA) is 38.7 Å². The molecule has 2 aromatic rings. The Morgan fingerprint density at radius 1 is 1.19 bits per heavy atom. The Balaban J connectivity index is 2.18. The largest absolute Gasteiger partial charge is 0.490 e. The molecule has 0 spiro atoms. The molecule has 0 heterocycles. The number of rotatable bonds is 6. The monoisotopic (exact) mass is 354 g/mol. The standard InChI is InChI=1S/C16H16BrFO3/c1-20-8-9-21-15-7-6-11(10-13(15)17)16(19)12-4-2-3-5-14(12)18/h2-7,10,16,19H,8-9H2,1H3. The number of hydrogen-bond acceptors (Lipinski definition) is 3. The Morgan fingerprint density at radius 3 is 2.62 bits per heavy atom. The molecule has 1 N–H and O–H groups in total. The van der Waals surface area contributed by atoms with Gasteiger partial charge < -0.3 is 14.6 Å². The average molecular weight is 355 g/mol. The van der Waals surface area contributed by atoms with Crippen molar-refractivity contribution in [3.05, 3.63) is 63.9 Å². The van der Waals surface area contributed by atoms with Crippen LogP contribution in [0.25, 0.3) is 0 Å². The first-order chi connectivity index (χ1) is 10.1. The SMILES string of the molecule is COCCOc1ccc(C(O)c2ccccc2F)cc1Br. The first kappa shape index (κ1) is 15.9. The lowest BCUT2D eigenvalue weighted by Crippen LogP contribution is -2.06. The van der Waals surface area contributed by atoms with Gasteiger partial charge in [0.2, 0.25) is 0 Å². The highest BCUT2D eigenvalue weighted by Gasteiger charge is 2.15. The molecule has 0 saturated carbocycles. The van der Waals surface area contributed by atoms with Gasteiger partial charge in [-0.15, -0.1) is 0 Å². The van der Waals surface area contributed by atoms with E-state index in [9.17, 15) is 9.50 Å². The molecule has 5 heteroatoms. The van der Waals surface area contributed by atoms with Crippen LogP contribution in [0.1, 0.15) is 17.2 Å². The van der Waals surface area contributed by atoms with E-state index in [-0.39, 0.29) is 5.56 Å². The zero-order chi connectivity index (χ0) is 15.2. The Labute approximate surface area is 131 Å². The van der Waals surface area contributed by atoms with Crippen molar-refractivity contribution in [2.24, 2.45) is 0 Å². The molecule has 1 unspecified atom stereocenters. The van der Waals surface area contributed by atoms with E-state index < -0.39 is 11.9 Å². The van der Waals surface area contributed by atoms with Gasteiger partial charge in [-0.3, -0.25) is 0 Å². The maximum atomic E-state index is 13.7. The van der Waals surface area contributed by atoms with Gasteiger partial charge in [0.05, 0.1) is 11.1 Å². The van der Waals surface area contributed by atoms with Crippen molar-refractivity contribution in [2.45, 2.75) is 6.10 Å². The van der Waals surface area contributed by atoms with Gasteiger partial charge in [0.1, 0.15) is 24.3 Å². The van der Waals surface area contributed by atoms with Gasteiger partial charge in [-0.2, -0.15) is 0 Å². The lowest BCUT2D eigenvalue weighted by Gasteiger charge is -2.14. The van der Waals surface area contributed by atoms with E-state index in [1.54, 1.807) is 43.5 Å². The van der Waals surface area contributed by atoms with Gasteiger partial charge in [0.15, 0.2) is 0 Å². The highest BCUT2D eigenvalue weighted by Crippen LogP contribution is 2.31. The summed E-state index contributed by atoms with van der Waals surface area (Å²) in [5, 5.41) is 10.3. The number of aliphatic hydroxyl groups excluding tert-OH is 1. The third-order valence-electron chi connectivity index (χ3n) is 3.02. The van der Waals surface area contributed by atoms with Gasteiger partial charge in [0, 0.05) is 12.7 Å². The number of methoxy groups -OCH3 is 1. The fourth-order valence-corrected chi connectivity index (χ4v) is 2.43. The van der Waals surface area contributed by atoms with Crippen LogP contribution in [0.5, 0.6) is 5.75 Å². The van der Waals surface area contributed by atoms with E-state index in [0.717, 1.165) is 0 Å². The maximum absolute atomic E-state index is 13.7. The molecule has 0 radical (unpaired) electrons. The molecule has 3 nitrogen and oxygen atoms in total. The molecule has 2 aromatic carbocycles. The van der Waals surface area contributed by atoms with Gasteiger partial charge in [-0.05, 0) is 39.7 Å². The van der Waals surface area contributed by atoms with Gasteiger partial charge >= 0.3 is 0 Å². The molecule has 0 saturated heterocycles. The van der Waals surface area contributed by atoms with Crippen molar-refractivity contribution in [1.29, 1.82) is 0 Å². The first-order valence-electron chi connectivity index (χ1n) is 6.47. The molecule has 0 amide bonds. The molecule has 0 fully saturated rings. The number of benzene rings is 2. The summed E-state index contributed by atoms with van der Waals surface area (Å²) in [6.07, 6.45) is -1.02. The van der Waals surface area contributed by atoms with E-state index in [2.05, 4.69) is 15.9 Å². The van der Waals surface area contributed by atoms with Crippen molar-refractivity contribution >= 4 is 15.9 Å². The van der Waals surface area contributed by atoms with Crippen LogP contribution in [0.2, 0.25) is 0 Å². The van der Waals surface area contributed by atoms with E-state index in [1.807, 2.05) is 0 Å². The number of halogens is 2. The van der Waals surface area contributed by atoms with E-state index in [0.29, 0.717) is 29.0 Å². The van der Waals surface area contributed by atoms with Crippen LogP contribution < -0.4 is 4.74 Å². The summed E-state index contributed by atoms with van der Waals surface area (Å²) in [6.45, 7) is 0.927. The second-order valence-electron chi connectivity index (χ2n) is 4.46. The van der Waals surface area contributed by atoms with Crippen LogP contribution in [-0.4, -0.2) is 25.4 Å². The van der Waals surface area contributed by atoms with Crippen molar-refractivity contribution in [1.82, 2.24) is 0 Å². The number of hydrogen-bond donors (Lipinski definition) is 1. The van der Waals surface area contributed by atoms with Crippen LogP contribution in [0.15, 0.2) is 46.9 Å². The summed E-state index contributed by atoms with van der Waals surface area (Å²) in [6, 6.07) is 11.3. The highest BCUT2D eigenvalue weighted by molar-refractivity contribution is 9.10. The van der Waals surface area contributed by atoms with Crippen LogP contribution >= 0.6 is 15.9 Å². The van der Waals surface area contributed by atoms with Crippen LogP contribution in [0.4, 0.5) is 4.39 Å². The van der Waals surface area contributed by atoms with Crippen molar-refractivity contribution in [3.63, 3.8) is 0 Å². The molecule has 0 bridgehead atoms. The molecule has 1 atom stereocenters. The minimum absolute atomic E-state index is 0.248. The van der Waals surface area contributed by atoms with E-state index in [4.69, 9.17) is 9.47 Å². The Hall–Kier alpha value is -1.43. The van der Waals surface area contributed by atoms with E-state index in [1.165, 1.54) is 6.07 Å². The molecular weight excluding hydrogens is 339 g/mol. The molecule has 0 aromatic heterocycles. The minimum atomic E-state index is -1.02. The summed E-state index contributed by atoms with van der Waals surface area (Å²) in [5.41, 5.74) is 0.837. The van der Waals surface area contributed by atoms with Gasteiger partial charge in [0.25, 0.3) is 0 Å². The highest BCUT2D eigenvalue weighted by atomic mass is 79.9. The second kappa shape index (κ2) is 7.54. The van der Waals surface area contributed by atoms with Crippen LogP contribution in [-0.2, 0) is 4.74 Å². The fraction of sp³-hybridized carbons (Fsp3) is 0.250. The van der Waals surface area contributed by atoms with Crippen molar-refractivity contribution in [3.8, 4) is 5.75 Å². The zero-order valence-electron chi connectivity index (χ0n) is 11.6. The summed E-state index contributed by atoms with van der Waals surface area (Å²) < 4.78 is 24.8. The third-order valence-corrected chi connectivity index (χ3v) is 3.64. The summed E-state index contributed by atoms with van der Waals surface area (Å²) in [4.78, 5) is 0. The lowest BCUT2D eigenvalue weighted by atomic mass is 10.0. The third kappa shape index (κ3) is 4.03. The summed E-state index contributed by atoms with van der Waals surface area (Å²) >= 11 is 3.39. The quantitative estimate of drug-likeness (QED) is 0.804. The number of aliphatic hydroxyl groups is 1. The molecule has 21 heavy (non-hydrogen) atoms. The molecule has 0 aliphatic rings. The summed E-state index contributed by atoms with van der Waals surface area (Å²) in [5.74, 6) is 0.220. The predicted molar refractivity (Wildman–Crippen MR) is 82.0 cm³/mol. The Kier molecular flexibility index (Phi) is 5.73.